The van der Waals surface area contributed by atoms with Crippen LogP contribution < -0.4 is 5.32 Å². The van der Waals surface area contributed by atoms with Gasteiger partial charge in [0.1, 0.15) is 0 Å². The Morgan fingerprint density at radius 3 is 3.20 bits per heavy atom. The second-order valence-electron chi connectivity index (χ2n) is 1.88. The lowest BCUT2D eigenvalue weighted by Gasteiger charge is -1.96. The molecule has 0 spiro atoms. The molecule has 3 nitrogen and oxygen atoms in total. The average molecular weight is 158 g/mol. The highest BCUT2D eigenvalue weighted by atomic mass is 32.1. The van der Waals surface area contributed by atoms with Crippen LogP contribution in [0.4, 0.5) is 0 Å². The van der Waals surface area contributed by atoms with Crippen LogP contribution in [0.1, 0.15) is 4.88 Å². The fourth-order valence-electron chi connectivity index (χ4n) is 0.624. The van der Waals surface area contributed by atoms with Crippen molar-refractivity contribution in [3.63, 3.8) is 0 Å². The normalized spacial score (nSPS) is 10.1. The second kappa shape index (κ2) is 4.38. The van der Waals surface area contributed by atoms with E-state index in [0.29, 0.717) is 6.54 Å². The summed E-state index contributed by atoms with van der Waals surface area (Å²) in [7, 11) is 0. The van der Waals surface area contributed by atoms with Crippen LogP contribution in [0, 0.1) is 0 Å². The van der Waals surface area contributed by atoms with E-state index in [9.17, 15) is 0 Å². The topological polar surface area (TPSA) is 45.1 Å². The van der Waals surface area contributed by atoms with Crippen molar-refractivity contribution in [1.82, 2.24) is 9.69 Å². The number of nitrogens with zero attached hydrogens (tertiary/aromatic N) is 1. The van der Waals surface area contributed by atoms with Crippen LogP contribution in [-0.4, -0.2) is 22.6 Å². The molecule has 0 aliphatic rings. The Labute approximate surface area is 63.9 Å². The third kappa shape index (κ3) is 2.43. The summed E-state index contributed by atoms with van der Waals surface area (Å²) < 4.78 is 3.94. The number of aliphatic hydroxyl groups excluding tert-OH is 1. The van der Waals surface area contributed by atoms with Gasteiger partial charge in [-0.3, -0.25) is 0 Å². The summed E-state index contributed by atoms with van der Waals surface area (Å²) in [5.41, 5.74) is 0. The van der Waals surface area contributed by atoms with Gasteiger partial charge in [0.2, 0.25) is 0 Å². The van der Waals surface area contributed by atoms with Gasteiger partial charge in [-0.05, 0) is 17.6 Å². The number of aliphatic hydroxyl groups is 1. The van der Waals surface area contributed by atoms with Crippen LogP contribution in [0.2, 0.25) is 0 Å². The van der Waals surface area contributed by atoms with Crippen molar-refractivity contribution in [2.45, 2.75) is 6.54 Å². The Balaban J connectivity index is 2.15. The van der Waals surface area contributed by atoms with Crippen molar-refractivity contribution >= 4 is 11.5 Å². The standard InChI is InChI=1S/C6H10N2OS/c9-4-3-7-5-6-1-2-8-10-6/h1-2,7,9H,3-5H2. The smallest absolute Gasteiger partial charge is 0.0556 e. The molecule has 10 heavy (non-hydrogen) atoms. The molecular formula is C6H10N2OS. The minimum absolute atomic E-state index is 0.193. The number of hydrogen-bond donors (Lipinski definition) is 2. The van der Waals surface area contributed by atoms with Gasteiger partial charge in [-0.2, -0.15) is 0 Å². The fraction of sp³-hybridized carbons (Fsp3) is 0.500. The van der Waals surface area contributed by atoms with Crippen molar-refractivity contribution in [3.8, 4) is 0 Å². The molecule has 0 atom stereocenters. The van der Waals surface area contributed by atoms with Gasteiger partial charge in [-0.25, -0.2) is 4.37 Å². The highest BCUT2D eigenvalue weighted by Gasteiger charge is 1.91. The van der Waals surface area contributed by atoms with Gasteiger partial charge in [-0.1, -0.05) is 0 Å². The molecule has 2 N–H and O–H groups in total. The number of nitrogens with one attached hydrogen (secondary N) is 1. The number of hydrogen-bond acceptors (Lipinski definition) is 4. The predicted molar refractivity (Wildman–Crippen MR) is 40.9 cm³/mol. The van der Waals surface area contributed by atoms with E-state index in [-0.39, 0.29) is 6.61 Å². The van der Waals surface area contributed by atoms with Crippen LogP contribution >= 0.6 is 11.5 Å². The van der Waals surface area contributed by atoms with E-state index in [1.165, 1.54) is 16.4 Å². The largest absolute Gasteiger partial charge is 0.395 e. The zero-order valence-corrected chi connectivity index (χ0v) is 6.40. The molecule has 0 aliphatic heterocycles. The van der Waals surface area contributed by atoms with Gasteiger partial charge in [0, 0.05) is 24.2 Å². The van der Waals surface area contributed by atoms with Crippen molar-refractivity contribution in [2.75, 3.05) is 13.2 Å². The fourth-order valence-corrected chi connectivity index (χ4v) is 1.17. The van der Waals surface area contributed by atoms with E-state index < -0.39 is 0 Å². The van der Waals surface area contributed by atoms with E-state index in [2.05, 4.69) is 9.69 Å². The van der Waals surface area contributed by atoms with Crippen molar-refractivity contribution in [3.05, 3.63) is 17.1 Å². The van der Waals surface area contributed by atoms with Crippen molar-refractivity contribution in [1.29, 1.82) is 0 Å². The Hall–Kier alpha value is -0.450. The summed E-state index contributed by atoms with van der Waals surface area (Å²) in [5.74, 6) is 0. The van der Waals surface area contributed by atoms with Gasteiger partial charge in [0.25, 0.3) is 0 Å². The van der Waals surface area contributed by atoms with Crippen LogP contribution in [-0.2, 0) is 6.54 Å². The van der Waals surface area contributed by atoms with Gasteiger partial charge in [0.15, 0.2) is 0 Å². The molecule has 1 aromatic rings. The molecule has 0 saturated heterocycles. The second-order valence-corrected chi connectivity index (χ2v) is 2.80. The minimum Gasteiger partial charge on any atom is -0.395 e. The zero-order chi connectivity index (χ0) is 7.23. The van der Waals surface area contributed by atoms with E-state index in [4.69, 9.17) is 5.11 Å². The SMILES string of the molecule is OCCNCc1ccns1. The Kier molecular flexibility index (Phi) is 3.35. The van der Waals surface area contributed by atoms with Crippen molar-refractivity contribution < 1.29 is 5.11 Å². The Morgan fingerprint density at radius 2 is 2.60 bits per heavy atom. The summed E-state index contributed by atoms with van der Waals surface area (Å²) in [4.78, 5) is 1.20. The minimum atomic E-state index is 0.193. The molecule has 0 aromatic carbocycles. The molecule has 0 saturated carbocycles. The molecular weight excluding hydrogens is 148 g/mol. The van der Waals surface area contributed by atoms with Crippen molar-refractivity contribution in [2.24, 2.45) is 0 Å². The highest BCUT2D eigenvalue weighted by molar-refractivity contribution is 7.05. The molecule has 0 unspecified atom stereocenters. The van der Waals surface area contributed by atoms with E-state index in [1.807, 2.05) is 6.07 Å². The molecule has 0 aliphatic carbocycles. The van der Waals surface area contributed by atoms with Crippen LogP contribution in [0.5, 0.6) is 0 Å². The molecule has 1 heterocycles. The van der Waals surface area contributed by atoms with Gasteiger partial charge >= 0.3 is 0 Å². The summed E-state index contributed by atoms with van der Waals surface area (Å²) in [6.45, 7) is 1.65. The maximum Gasteiger partial charge on any atom is 0.0556 e. The molecule has 0 fully saturated rings. The lowest BCUT2D eigenvalue weighted by atomic mass is 10.5. The first-order chi connectivity index (χ1) is 4.93. The zero-order valence-electron chi connectivity index (χ0n) is 5.58. The average Bonchev–Trinajstić information content (AvgIpc) is 2.41. The summed E-state index contributed by atoms with van der Waals surface area (Å²) in [6.07, 6.45) is 1.78. The summed E-state index contributed by atoms with van der Waals surface area (Å²) in [5, 5.41) is 11.5. The third-order valence-corrected chi connectivity index (χ3v) is 1.82. The monoisotopic (exact) mass is 158 g/mol. The highest BCUT2D eigenvalue weighted by Crippen LogP contribution is 2.02. The first kappa shape index (κ1) is 7.65. The lowest BCUT2D eigenvalue weighted by molar-refractivity contribution is 0.292. The van der Waals surface area contributed by atoms with E-state index in [0.717, 1.165) is 6.54 Å². The third-order valence-electron chi connectivity index (χ3n) is 1.08. The van der Waals surface area contributed by atoms with E-state index >= 15 is 0 Å². The maximum absolute atomic E-state index is 8.42. The van der Waals surface area contributed by atoms with Crippen LogP contribution in [0.3, 0.4) is 0 Å². The maximum atomic E-state index is 8.42. The molecule has 0 radical (unpaired) electrons. The van der Waals surface area contributed by atoms with Gasteiger partial charge in [0.05, 0.1) is 6.61 Å². The molecule has 0 amide bonds. The predicted octanol–water partition coefficient (Wildman–Crippen LogP) is 0.225. The Morgan fingerprint density at radius 1 is 1.70 bits per heavy atom. The lowest BCUT2D eigenvalue weighted by Crippen LogP contribution is -2.16. The summed E-state index contributed by atoms with van der Waals surface area (Å²) in [6, 6.07) is 1.97. The summed E-state index contributed by atoms with van der Waals surface area (Å²) >= 11 is 1.48. The number of aromatic nitrogens is 1. The van der Waals surface area contributed by atoms with Gasteiger partial charge in [-0.15, -0.1) is 0 Å². The molecule has 1 rings (SSSR count). The first-order valence-electron chi connectivity index (χ1n) is 3.14. The van der Waals surface area contributed by atoms with Gasteiger partial charge < -0.3 is 10.4 Å². The molecule has 0 bridgehead atoms. The molecule has 1 aromatic heterocycles. The van der Waals surface area contributed by atoms with Crippen LogP contribution in [0.25, 0.3) is 0 Å². The van der Waals surface area contributed by atoms with Crippen LogP contribution in [0.15, 0.2) is 12.3 Å². The van der Waals surface area contributed by atoms with E-state index in [1.54, 1.807) is 6.20 Å². The number of rotatable bonds is 4. The first-order valence-corrected chi connectivity index (χ1v) is 3.92. The Bertz CT molecular complexity index is 164. The molecule has 56 valence electrons. The molecule has 4 heteroatoms. The quantitative estimate of drug-likeness (QED) is 0.616.